The minimum Gasteiger partial charge on any atom is -0.423 e. The number of benzene rings is 1. The summed E-state index contributed by atoms with van der Waals surface area (Å²) in [5, 5.41) is 3.32. The minimum atomic E-state index is 0.288. The quantitative estimate of drug-likeness (QED) is 0.797. The van der Waals surface area contributed by atoms with E-state index in [4.69, 9.17) is 14.9 Å². The zero-order chi connectivity index (χ0) is 12.5. The Hall–Kier alpha value is -1.75. The smallest absolute Gasteiger partial charge is 0.295 e. The summed E-state index contributed by atoms with van der Waals surface area (Å²) in [7, 11) is 0. The number of nitrogen functional groups attached to an aromatic ring is 1. The zero-order valence-electron chi connectivity index (χ0n) is 10.3. The fraction of sp³-hybridized carbons (Fsp3) is 0.462. The van der Waals surface area contributed by atoms with Crippen LogP contribution >= 0.6 is 0 Å². The molecule has 3 N–H and O–H groups in total. The van der Waals surface area contributed by atoms with Crippen LogP contribution in [0.5, 0.6) is 0 Å². The average Bonchev–Trinajstić information content (AvgIpc) is 2.70. The van der Waals surface area contributed by atoms with Gasteiger partial charge in [0.15, 0.2) is 5.58 Å². The summed E-state index contributed by atoms with van der Waals surface area (Å²) >= 11 is 0. The molecule has 1 aromatic carbocycles. The summed E-state index contributed by atoms with van der Waals surface area (Å²) in [4.78, 5) is 4.40. The summed E-state index contributed by atoms with van der Waals surface area (Å²) in [5.74, 6) is 0. The molecular weight excluding hydrogens is 230 g/mol. The van der Waals surface area contributed by atoms with Crippen LogP contribution in [0.15, 0.2) is 22.6 Å². The van der Waals surface area contributed by atoms with Crippen molar-refractivity contribution in [1.29, 1.82) is 0 Å². The molecule has 96 valence electrons. The van der Waals surface area contributed by atoms with E-state index < -0.39 is 0 Å². The first-order valence-corrected chi connectivity index (χ1v) is 6.25. The lowest BCUT2D eigenvalue weighted by Crippen LogP contribution is -2.32. The SMILES string of the molecule is CC1CC(Nc2nc3ccc(N)cc3o2)CCO1. The van der Waals surface area contributed by atoms with Crippen LogP contribution in [0, 0.1) is 0 Å². The third kappa shape index (κ3) is 2.26. The van der Waals surface area contributed by atoms with Crippen LogP contribution in [0.25, 0.3) is 11.1 Å². The Morgan fingerprint density at radius 1 is 1.44 bits per heavy atom. The molecule has 1 saturated heterocycles. The second-order valence-corrected chi connectivity index (χ2v) is 4.79. The summed E-state index contributed by atoms with van der Waals surface area (Å²) in [5.41, 5.74) is 7.94. The number of oxazole rings is 1. The lowest BCUT2D eigenvalue weighted by atomic mass is 10.1. The molecule has 2 heterocycles. The Kier molecular flexibility index (Phi) is 2.83. The molecule has 1 fully saturated rings. The molecule has 5 nitrogen and oxygen atoms in total. The molecular formula is C13H17N3O2. The van der Waals surface area contributed by atoms with Gasteiger partial charge in [-0.3, -0.25) is 0 Å². The van der Waals surface area contributed by atoms with Crippen molar-refractivity contribution in [3.05, 3.63) is 18.2 Å². The first kappa shape index (κ1) is 11.3. The molecule has 2 aromatic rings. The van der Waals surface area contributed by atoms with Crippen molar-refractivity contribution in [3.8, 4) is 0 Å². The highest BCUT2D eigenvalue weighted by molar-refractivity contribution is 5.78. The van der Waals surface area contributed by atoms with E-state index in [0.717, 1.165) is 30.5 Å². The highest BCUT2D eigenvalue weighted by atomic mass is 16.5. The van der Waals surface area contributed by atoms with Gasteiger partial charge in [0.2, 0.25) is 0 Å². The predicted molar refractivity (Wildman–Crippen MR) is 70.5 cm³/mol. The van der Waals surface area contributed by atoms with E-state index in [1.165, 1.54) is 0 Å². The van der Waals surface area contributed by atoms with Gasteiger partial charge >= 0.3 is 0 Å². The maximum Gasteiger partial charge on any atom is 0.295 e. The van der Waals surface area contributed by atoms with Gasteiger partial charge in [0.05, 0.1) is 6.10 Å². The molecule has 0 spiro atoms. The van der Waals surface area contributed by atoms with Gasteiger partial charge in [-0.1, -0.05) is 0 Å². The van der Waals surface area contributed by atoms with Crippen molar-refractivity contribution in [1.82, 2.24) is 4.98 Å². The molecule has 1 aliphatic heterocycles. The largest absolute Gasteiger partial charge is 0.423 e. The number of nitrogens with zero attached hydrogens (tertiary/aromatic N) is 1. The first-order valence-electron chi connectivity index (χ1n) is 6.25. The van der Waals surface area contributed by atoms with E-state index in [1.54, 1.807) is 6.07 Å². The van der Waals surface area contributed by atoms with Gasteiger partial charge in [-0.15, -0.1) is 0 Å². The molecule has 18 heavy (non-hydrogen) atoms. The van der Waals surface area contributed by atoms with Crippen molar-refractivity contribution in [2.45, 2.75) is 31.9 Å². The Bertz CT molecular complexity index is 552. The number of fused-ring (bicyclic) bond motifs is 1. The van der Waals surface area contributed by atoms with Crippen molar-refractivity contribution in [3.63, 3.8) is 0 Å². The maximum atomic E-state index is 5.71. The molecule has 0 radical (unpaired) electrons. The molecule has 2 unspecified atom stereocenters. The monoisotopic (exact) mass is 247 g/mol. The van der Waals surface area contributed by atoms with Crippen molar-refractivity contribution >= 4 is 22.8 Å². The van der Waals surface area contributed by atoms with Gasteiger partial charge in [-0.25, -0.2) is 0 Å². The minimum absolute atomic E-state index is 0.288. The number of nitrogens with two attached hydrogens (primary N) is 1. The van der Waals surface area contributed by atoms with Gasteiger partial charge in [0.1, 0.15) is 5.52 Å². The molecule has 2 atom stereocenters. The van der Waals surface area contributed by atoms with Gasteiger partial charge in [-0.2, -0.15) is 4.98 Å². The van der Waals surface area contributed by atoms with Crippen LogP contribution < -0.4 is 11.1 Å². The lowest BCUT2D eigenvalue weighted by Gasteiger charge is -2.27. The second kappa shape index (κ2) is 4.49. The Morgan fingerprint density at radius 2 is 2.33 bits per heavy atom. The van der Waals surface area contributed by atoms with E-state index in [2.05, 4.69) is 17.2 Å². The third-order valence-electron chi connectivity index (χ3n) is 3.23. The predicted octanol–water partition coefficient (Wildman–Crippen LogP) is 2.39. The highest BCUT2D eigenvalue weighted by Gasteiger charge is 2.20. The Labute approximate surface area is 105 Å². The Balaban J connectivity index is 1.78. The maximum absolute atomic E-state index is 5.71. The molecule has 1 aliphatic rings. The molecule has 0 aliphatic carbocycles. The van der Waals surface area contributed by atoms with Crippen LogP contribution in [0.1, 0.15) is 19.8 Å². The van der Waals surface area contributed by atoms with Gasteiger partial charge in [-0.05, 0) is 31.9 Å². The van der Waals surface area contributed by atoms with Crippen molar-refractivity contribution in [2.75, 3.05) is 17.7 Å². The third-order valence-corrected chi connectivity index (χ3v) is 3.23. The number of aromatic nitrogens is 1. The van der Waals surface area contributed by atoms with Gasteiger partial charge < -0.3 is 20.2 Å². The average molecular weight is 247 g/mol. The number of nitrogens with one attached hydrogen (secondary N) is 1. The van der Waals surface area contributed by atoms with Crippen LogP contribution in [0.3, 0.4) is 0 Å². The summed E-state index contributed by atoms with van der Waals surface area (Å²) in [6.07, 6.45) is 2.24. The molecule has 5 heteroatoms. The molecule has 3 rings (SSSR count). The van der Waals surface area contributed by atoms with Crippen molar-refractivity contribution < 1.29 is 9.15 Å². The summed E-state index contributed by atoms with van der Waals surface area (Å²) in [6, 6.07) is 6.41. The van der Waals surface area contributed by atoms with Crippen LogP contribution in [-0.4, -0.2) is 23.7 Å². The van der Waals surface area contributed by atoms with E-state index in [9.17, 15) is 0 Å². The number of hydrogen-bond acceptors (Lipinski definition) is 5. The summed E-state index contributed by atoms with van der Waals surface area (Å²) in [6.45, 7) is 2.87. The van der Waals surface area contributed by atoms with Crippen LogP contribution in [0.4, 0.5) is 11.7 Å². The number of anilines is 2. The first-order chi connectivity index (χ1) is 8.70. The van der Waals surface area contributed by atoms with E-state index in [1.807, 2.05) is 12.1 Å². The Morgan fingerprint density at radius 3 is 3.17 bits per heavy atom. The summed E-state index contributed by atoms with van der Waals surface area (Å²) < 4.78 is 11.2. The van der Waals surface area contributed by atoms with Gasteiger partial charge in [0.25, 0.3) is 6.01 Å². The fourth-order valence-electron chi connectivity index (χ4n) is 2.31. The van der Waals surface area contributed by atoms with Crippen molar-refractivity contribution in [2.24, 2.45) is 0 Å². The number of hydrogen-bond donors (Lipinski definition) is 2. The number of rotatable bonds is 2. The number of ether oxygens (including phenoxy) is 1. The molecule has 0 amide bonds. The van der Waals surface area contributed by atoms with Gasteiger partial charge in [0, 0.05) is 24.4 Å². The topological polar surface area (TPSA) is 73.3 Å². The fourth-order valence-corrected chi connectivity index (χ4v) is 2.31. The van der Waals surface area contributed by atoms with E-state index >= 15 is 0 Å². The second-order valence-electron chi connectivity index (χ2n) is 4.79. The van der Waals surface area contributed by atoms with Crippen LogP contribution in [0.2, 0.25) is 0 Å². The highest BCUT2D eigenvalue weighted by Crippen LogP contribution is 2.23. The zero-order valence-corrected chi connectivity index (χ0v) is 10.3. The normalized spacial score (nSPS) is 24.3. The molecule has 0 saturated carbocycles. The van der Waals surface area contributed by atoms with Crippen LogP contribution in [-0.2, 0) is 4.74 Å². The lowest BCUT2D eigenvalue weighted by molar-refractivity contribution is 0.0229. The standard InChI is InChI=1S/C13H17N3O2/c1-8-6-10(4-5-17-8)15-13-16-11-3-2-9(14)7-12(11)18-13/h2-3,7-8,10H,4-6,14H2,1H3,(H,15,16). The van der Waals surface area contributed by atoms with E-state index in [-0.39, 0.29) is 6.10 Å². The van der Waals surface area contributed by atoms with E-state index in [0.29, 0.717) is 17.7 Å². The molecule has 1 aromatic heterocycles. The molecule has 0 bridgehead atoms.